The minimum absolute atomic E-state index is 0.108. The highest BCUT2D eigenvalue weighted by Gasteiger charge is 2.17. The summed E-state index contributed by atoms with van der Waals surface area (Å²) in [5, 5.41) is 4.03. The van der Waals surface area contributed by atoms with E-state index in [1.165, 1.54) is 12.3 Å². The number of hydrogen-bond donors (Lipinski definition) is 1. The van der Waals surface area contributed by atoms with E-state index in [2.05, 4.69) is 10.3 Å². The van der Waals surface area contributed by atoms with Gasteiger partial charge in [-0.1, -0.05) is 35.3 Å². The van der Waals surface area contributed by atoms with Gasteiger partial charge in [0.25, 0.3) is 11.5 Å². The van der Waals surface area contributed by atoms with Gasteiger partial charge >= 0.3 is 0 Å². The molecule has 8 heteroatoms. The highest BCUT2D eigenvalue weighted by molar-refractivity contribution is 6.35. The van der Waals surface area contributed by atoms with E-state index >= 15 is 0 Å². The average molecular weight is 390 g/mol. The van der Waals surface area contributed by atoms with Crippen molar-refractivity contribution < 1.29 is 9.59 Å². The Labute approximate surface area is 158 Å². The van der Waals surface area contributed by atoms with Crippen LogP contribution in [-0.2, 0) is 17.9 Å². The number of hydrogen-bond acceptors (Lipinski definition) is 4. The number of benzene rings is 1. The first-order chi connectivity index (χ1) is 12.5. The van der Waals surface area contributed by atoms with Crippen LogP contribution in [0.4, 0.5) is 0 Å². The third-order valence-electron chi connectivity index (χ3n) is 3.80. The Morgan fingerprint density at radius 1 is 1.19 bits per heavy atom. The van der Waals surface area contributed by atoms with Crippen molar-refractivity contribution in [3.63, 3.8) is 0 Å². The third-order valence-corrected chi connectivity index (χ3v) is 4.39. The van der Waals surface area contributed by atoms with E-state index in [1.807, 2.05) is 0 Å². The van der Waals surface area contributed by atoms with E-state index < -0.39 is 11.5 Å². The fourth-order valence-corrected chi connectivity index (χ4v) is 2.84. The maximum atomic E-state index is 12.6. The first-order valence-corrected chi connectivity index (χ1v) is 8.41. The summed E-state index contributed by atoms with van der Waals surface area (Å²) in [6.07, 6.45) is 2.00. The van der Waals surface area contributed by atoms with Crippen LogP contribution < -0.4 is 10.9 Å². The lowest BCUT2D eigenvalue weighted by Gasteiger charge is -2.11. The molecule has 0 aliphatic rings. The number of fused-ring (bicyclic) bond motifs is 1. The zero-order chi connectivity index (χ0) is 18.7. The van der Waals surface area contributed by atoms with Gasteiger partial charge in [0.2, 0.25) is 0 Å². The number of aldehydes is 1. The van der Waals surface area contributed by atoms with Crippen molar-refractivity contribution >= 4 is 46.4 Å². The van der Waals surface area contributed by atoms with Crippen molar-refractivity contribution in [1.29, 1.82) is 0 Å². The van der Waals surface area contributed by atoms with Crippen LogP contribution in [0.25, 0.3) is 11.0 Å². The first kappa shape index (κ1) is 18.1. The lowest BCUT2D eigenvalue weighted by molar-refractivity contribution is -0.108. The molecule has 3 rings (SSSR count). The van der Waals surface area contributed by atoms with E-state index in [1.54, 1.807) is 30.3 Å². The largest absolute Gasteiger partial charge is 0.348 e. The van der Waals surface area contributed by atoms with Crippen molar-refractivity contribution in [2.45, 2.75) is 13.1 Å². The number of pyridine rings is 2. The number of aromatic nitrogens is 2. The molecule has 0 saturated heterocycles. The third kappa shape index (κ3) is 3.61. The maximum absolute atomic E-state index is 12.6. The van der Waals surface area contributed by atoms with Gasteiger partial charge in [-0.15, -0.1) is 0 Å². The number of carbonyl (C=O) groups is 2. The summed E-state index contributed by atoms with van der Waals surface area (Å²) in [4.78, 5) is 40.2. The summed E-state index contributed by atoms with van der Waals surface area (Å²) in [6.45, 7) is 0.00289. The van der Waals surface area contributed by atoms with Gasteiger partial charge in [0.05, 0.1) is 11.6 Å². The van der Waals surface area contributed by atoms with E-state index in [-0.39, 0.29) is 24.3 Å². The van der Waals surface area contributed by atoms with Crippen LogP contribution >= 0.6 is 23.2 Å². The topological polar surface area (TPSA) is 81.1 Å². The Balaban J connectivity index is 1.98. The van der Waals surface area contributed by atoms with Crippen LogP contribution in [0.2, 0.25) is 10.0 Å². The molecule has 26 heavy (non-hydrogen) atoms. The van der Waals surface area contributed by atoms with Gasteiger partial charge in [0.1, 0.15) is 17.5 Å². The Morgan fingerprint density at radius 3 is 2.62 bits per heavy atom. The molecule has 6 nitrogen and oxygen atoms in total. The SMILES string of the molecule is O=CCn1c(=O)c(C(=O)NCc2ccc(Cl)cc2)cc2c(Cl)ccnc21. The van der Waals surface area contributed by atoms with Gasteiger partial charge in [-0.3, -0.25) is 14.2 Å². The smallest absolute Gasteiger partial charge is 0.265 e. The number of amides is 1. The van der Waals surface area contributed by atoms with Crippen molar-refractivity contribution in [3.05, 3.63) is 74.1 Å². The zero-order valence-electron chi connectivity index (χ0n) is 13.4. The molecule has 0 bridgehead atoms. The zero-order valence-corrected chi connectivity index (χ0v) is 14.9. The normalized spacial score (nSPS) is 10.7. The Morgan fingerprint density at radius 2 is 1.92 bits per heavy atom. The average Bonchev–Trinajstić information content (AvgIpc) is 2.63. The summed E-state index contributed by atoms with van der Waals surface area (Å²) in [6, 6.07) is 9.91. The maximum Gasteiger partial charge on any atom is 0.265 e. The number of nitrogens with zero attached hydrogens (tertiary/aromatic N) is 2. The molecule has 1 N–H and O–H groups in total. The predicted molar refractivity (Wildman–Crippen MR) is 99.7 cm³/mol. The second-order valence-corrected chi connectivity index (χ2v) is 6.32. The molecule has 132 valence electrons. The Bertz CT molecular complexity index is 1050. The second-order valence-electron chi connectivity index (χ2n) is 5.48. The molecule has 0 fully saturated rings. The predicted octanol–water partition coefficient (Wildman–Crippen LogP) is 2.83. The van der Waals surface area contributed by atoms with Crippen LogP contribution in [0.5, 0.6) is 0 Å². The van der Waals surface area contributed by atoms with E-state index in [0.29, 0.717) is 21.7 Å². The molecular formula is C18H13Cl2N3O3. The van der Waals surface area contributed by atoms with Crippen LogP contribution in [0.15, 0.2) is 47.4 Å². The minimum atomic E-state index is -0.604. The molecule has 0 radical (unpaired) electrons. The molecule has 1 aromatic carbocycles. The molecule has 3 aromatic rings. The van der Waals surface area contributed by atoms with Crippen molar-refractivity contribution in [1.82, 2.24) is 14.9 Å². The van der Waals surface area contributed by atoms with Gasteiger partial charge < -0.3 is 10.1 Å². The minimum Gasteiger partial charge on any atom is -0.348 e. The summed E-state index contributed by atoms with van der Waals surface area (Å²) in [7, 11) is 0. The summed E-state index contributed by atoms with van der Waals surface area (Å²) < 4.78 is 1.13. The molecule has 0 aliphatic carbocycles. The fourth-order valence-electron chi connectivity index (χ4n) is 2.52. The lowest BCUT2D eigenvalue weighted by Crippen LogP contribution is -2.33. The standard InChI is InChI=1S/C18H13Cl2N3O3/c19-12-3-1-11(2-4-12)10-22-17(25)14-9-13-15(20)5-6-21-16(13)23(7-8-24)18(14)26/h1-6,8-9H,7,10H2,(H,22,25). The van der Waals surface area contributed by atoms with Crippen LogP contribution in [0, 0.1) is 0 Å². The van der Waals surface area contributed by atoms with E-state index in [0.717, 1.165) is 10.1 Å². The van der Waals surface area contributed by atoms with Crippen LogP contribution in [-0.4, -0.2) is 21.7 Å². The number of nitrogens with one attached hydrogen (secondary N) is 1. The molecule has 0 spiro atoms. The van der Waals surface area contributed by atoms with Gasteiger partial charge in [-0.25, -0.2) is 4.98 Å². The van der Waals surface area contributed by atoms with Crippen LogP contribution in [0.1, 0.15) is 15.9 Å². The quantitative estimate of drug-likeness (QED) is 0.680. The van der Waals surface area contributed by atoms with Crippen LogP contribution in [0.3, 0.4) is 0 Å². The summed E-state index contributed by atoms with van der Waals surface area (Å²) in [5.41, 5.74) is 0.372. The summed E-state index contributed by atoms with van der Waals surface area (Å²) in [5.74, 6) is -0.564. The molecule has 0 unspecified atom stereocenters. The molecular weight excluding hydrogens is 377 g/mol. The van der Waals surface area contributed by atoms with Gasteiger partial charge in [-0.05, 0) is 29.8 Å². The number of carbonyl (C=O) groups excluding carboxylic acids is 2. The highest BCUT2D eigenvalue weighted by atomic mass is 35.5. The number of halogens is 2. The molecule has 0 aliphatic heterocycles. The second kappa shape index (κ2) is 7.68. The van der Waals surface area contributed by atoms with E-state index in [9.17, 15) is 14.4 Å². The van der Waals surface area contributed by atoms with Crippen molar-refractivity contribution in [2.24, 2.45) is 0 Å². The van der Waals surface area contributed by atoms with Crippen molar-refractivity contribution in [2.75, 3.05) is 0 Å². The lowest BCUT2D eigenvalue weighted by atomic mass is 10.1. The van der Waals surface area contributed by atoms with Gasteiger partial charge in [0, 0.05) is 23.2 Å². The molecule has 0 saturated carbocycles. The van der Waals surface area contributed by atoms with Gasteiger partial charge in [0.15, 0.2) is 0 Å². The monoisotopic (exact) mass is 389 g/mol. The van der Waals surface area contributed by atoms with Gasteiger partial charge in [-0.2, -0.15) is 0 Å². The Hall–Kier alpha value is -2.70. The molecule has 2 aromatic heterocycles. The summed E-state index contributed by atoms with van der Waals surface area (Å²) >= 11 is 12.0. The number of rotatable bonds is 5. The highest BCUT2D eigenvalue weighted by Crippen LogP contribution is 2.21. The molecule has 2 heterocycles. The first-order valence-electron chi connectivity index (χ1n) is 7.65. The molecule has 0 atom stereocenters. The van der Waals surface area contributed by atoms with E-state index in [4.69, 9.17) is 23.2 Å². The molecule has 1 amide bonds. The van der Waals surface area contributed by atoms with Crippen molar-refractivity contribution in [3.8, 4) is 0 Å². The fraction of sp³-hybridized carbons (Fsp3) is 0.111. The Kier molecular flexibility index (Phi) is 5.35.